The maximum atomic E-state index is 12.4. The number of hydrogen-bond acceptors (Lipinski definition) is 4. The van der Waals surface area contributed by atoms with Crippen molar-refractivity contribution in [2.24, 2.45) is 0 Å². The first-order valence-corrected chi connectivity index (χ1v) is 8.75. The van der Waals surface area contributed by atoms with E-state index in [0.717, 1.165) is 11.3 Å². The van der Waals surface area contributed by atoms with Gasteiger partial charge in [0.25, 0.3) is 5.91 Å². The average molecular weight is 362 g/mol. The summed E-state index contributed by atoms with van der Waals surface area (Å²) in [6.07, 6.45) is 0. The maximum absolute atomic E-state index is 12.4. The monoisotopic (exact) mass is 361 g/mol. The molecule has 0 atom stereocenters. The highest BCUT2D eigenvalue weighted by Crippen LogP contribution is 2.32. The van der Waals surface area contributed by atoms with Gasteiger partial charge in [-0.2, -0.15) is 3.89 Å². The van der Waals surface area contributed by atoms with Crippen molar-refractivity contribution in [3.63, 3.8) is 0 Å². The molecule has 2 rings (SSSR count). The summed E-state index contributed by atoms with van der Waals surface area (Å²) in [7, 11) is -1.85. The predicted octanol–water partition coefficient (Wildman–Crippen LogP) is 3.02. The minimum atomic E-state index is -4.42. The summed E-state index contributed by atoms with van der Waals surface area (Å²) in [5, 5.41) is 4.71. The number of quaternary nitrogens is 1. The molecule has 0 saturated carbocycles. The van der Waals surface area contributed by atoms with Crippen LogP contribution in [0.5, 0.6) is 0 Å². The standard InChI is InChI=1S/C13H13ClN2O4S2/c1-16(2,22(18,19)20)11-6-7-21-12(11)13(17)15-10-5-3-4-9(14)8-10/h3-8H,1-2H3,(H-,15,17,18,19,20)/p+1. The second-order valence-electron chi connectivity index (χ2n) is 4.90. The van der Waals surface area contributed by atoms with Gasteiger partial charge in [0.1, 0.15) is 0 Å². The lowest BCUT2D eigenvalue weighted by molar-refractivity contribution is 0.103. The fraction of sp³-hybridized carbons (Fsp3) is 0.154. The Balaban J connectivity index is 2.35. The molecule has 22 heavy (non-hydrogen) atoms. The lowest BCUT2D eigenvalue weighted by atomic mass is 10.3. The summed E-state index contributed by atoms with van der Waals surface area (Å²) in [6.45, 7) is 0. The van der Waals surface area contributed by atoms with E-state index in [1.807, 2.05) is 0 Å². The van der Waals surface area contributed by atoms with Gasteiger partial charge in [-0.25, -0.2) is 4.55 Å². The molecule has 0 aliphatic rings. The number of carbonyl (C=O) groups is 1. The van der Waals surface area contributed by atoms with Crippen LogP contribution in [0.4, 0.5) is 11.4 Å². The van der Waals surface area contributed by atoms with Gasteiger partial charge in [-0.3, -0.25) is 4.79 Å². The molecule has 0 radical (unpaired) electrons. The summed E-state index contributed by atoms with van der Waals surface area (Å²) in [4.78, 5) is 12.5. The van der Waals surface area contributed by atoms with Gasteiger partial charge in [-0.15, -0.1) is 19.8 Å². The summed E-state index contributed by atoms with van der Waals surface area (Å²) >= 11 is 6.94. The van der Waals surface area contributed by atoms with Gasteiger partial charge in [-0.1, -0.05) is 17.7 Å². The van der Waals surface area contributed by atoms with Crippen molar-refractivity contribution in [3.05, 3.63) is 45.6 Å². The largest absolute Gasteiger partial charge is 0.437 e. The third-order valence-corrected chi connectivity index (χ3v) is 5.58. The first-order chi connectivity index (χ1) is 10.1. The number of carbonyl (C=O) groups excluding carboxylic acids is 1. The fourth-order valence-corrected chi connectivity index (χ4v) is 3.33. The minimum Gasteiger partial charge on any atom is -0.321 e. The zero-order valence-electron chi connectivity index (χ0n) is 11.8. The van der Waals surface area contributed by atoms with E-state index >= 15 is 0 Å². The fourth-order valence-electron chi connectivity index (χ4n) is 1.77. The van der Waals surface area contributed by atoms with Crippen LogP contribution in [0.1, 0.15) is 9.67 Å². The Hall–Kier alpha value is -1.45. The van der Waals surface area contributed by atoms with Crippen LogP contribution in [-0.4, -0.2) is 33.0 Å². The Bertz CT molecular complexity index is 815. The lowest BCUT2D eigenvalue weighted by Gasteiger charge is -2.23. The normalized spacial score (nSPS) is 12.2. The van der Waals surface area contributed by atoms with Gasteiger partial charge >= 0.3 is 10.3 Å². The van der Waals surface area contributed by atoms with Crippen LogP contribution < -0.4 is 9.21 Å². The molecular weight excluding hydrogens is 348 g/mol. The van der Waals surface area contributed by atoms with Crippen LogP contribution in [0.2, 0.25) is 5.02 Å². The highest BCUT2D eigenvalue weighted by molar-refractivity contribution is 7.85. The topological polar surface area (TPSA) is 83.5 Å². The highest BCUT2D eigenvalue weighted by Gasteiger charge is 2.38. The minimum absolute atomic E-state index is 0.187. The molecule has 2 N–H and O–H groups in total. The van der Waals surface area contributed by atoms with E-state index in [1.54, 1.807) is 29.6 Å². The van der Waals surface area contributed by atoms with Crippen molar-refractivity contribution in [2.75, 3.05) is 19.4 Å². The van der Waals surface area contributed by atoms with Crippen LogP contribution in [0.3, 0.4) is 0 Å². The van der Waals surface area contributed by atoms with Crippen molar-refractivity contribution >= 4 is 50.5 Å². The molecule has 1 heterocycles. The van der Waals surface area contributed by atoms with Gasteiger partial charge in [0, 0.05) is 16.8 Å². The van der Waals surface area contributed by atoms with Crippen LogP contribution >= 0.6 is 22.9 Å². The Labute approximate surface area is 137 Å². The van der Waals surface area contributed by atoms with Gasteiger partial charge in [0.15, 0.2) is 10.6 Å². The van der Waals surface area contributed by atoms with Gasteiger partial charge in [0.2, 0.25) is 0 Å². The van der Waals surface area contributed by atoms with Gasteiger partial charge < -0.3 is 5.32 Å². The number of benzene rings is 1. The summed E-state index contributed by atoms with van der Waals surface area (Å²) in [5.74, 6) is -0.470. The Morgan fingerprint density at radius 1 is 1.32 bits per heavy atom. The number of amides is 1. The van der Waals surface area contributed by atoms with E-state index in [9.17, 15) is 17.8 Å². The summed E-state index contributed by atoms with van der Waals surface area (Å²) in [6, 6.07) is 8.10. The number of halogens is 1. The SMILES string of the molecule is C[N+](C)(c1ccsc1C(=O)Nc1cccc(Cl)c1)S(=O)(=O)O. The van der Waals surface area contributed by atoms with Crippen LogP contribution in [-0.2, 0) is 10.3 Å². The van der Waals surface area contributed by atoms with E-state index in [4.69, 9.17) is 11.6 Å². The molecule has 118 valence electrons. The number of nitrogens with one attached hydrogen (secondary N) is 1. The third kappa shape index (κ3) is 3.31. The molecule has 0 fully saturated rings. The molecule has 9 heteroatoms. The number of anilines is 1. The number of hydrogen-bond donors (Lipinski definition) is 2. The number of rotatable bonds is 4. The molecule has 0 spiro atoms. The molecule has 0 aliphatic carbocycles. The maximum Gasteiger partial charge on any atom is 0.437 e. The predicted molar refractivity (Wildman–Crippen MR) is 88.9 cm³/mol. The van der Waals surface area contributed by atoms with Crippen LogP contribution in [0, 0.1) is 0 Å². The second-order valence-corrected chi connectivity index (χ2v) is 8.06. The van der Waals surface area contributed by atoms with Crippen molar-refractivity contribution in [1.29, 1.82) is 0 Å². The molecule has 1 aromatic heterocycles. The first-order valence-electron chi connectivity index (χ1n) is 6.09. The van der Waals surface area contributed by atoms with Crippen LogP contribution in [0.25, 0.3) is 0 Å². The summed E-state index contributed by atoms with van der Waals surface area (Å²) < 4.78 is 31.5. The molecule has 1 aromatic carbocycles. The molecule has 0 bridgehead atoms. The summed E-state index contributed by atoms with van der Waals surface area (Å²) in [5.41, 5.74) is 0.682. The van der Waals surface area contributed by atoms with E-state index < -0.39 is 20.1 Å². The molecule has 0 aliphatic heterocycles. The van der Waals surface area contributed by atoms with Crippen molar-refractivity contribution < 1.29 is 17.8 Å². The molecular formula is C13H14ClN2O4S2+. The molecule has 2 aromatic rings. The number of nitrogens with zero attached hydrogens (tertiary/aromatic N) is 1. The Morgan fingerprint density at radius 3 is 2.59 bits per heavy atom. The smallest absolute Gasteiger partial charge is 0.321 e. The van der Waals surface area contributed by atoms with Crippen molar-refractivity contribution in [3.8, 4) is 0 Å². The van der Waals surface area contributed by atoms with Gasteiger partial charge in [-0.05, 0) is 23.6 Å². The lowest BCUT2D eigenvalue weighted by Crippen LogP contribution is -2.46. The zero-order valence-corrected chi connectivity index (χ0v) is 14.2. The van der Waals surface area contributed by atoms with Crippen molar-refractivity contribution in [2.45, 2.75) is 0 Å². The average Bonchev–Trinajstić information content (AvgIpc) is 2.87. The highest BCUT2D eigenvalue weighted by atomic mass is 35.5. The third-order valence-electron chi connectivity index (χ3n) is 3.09. The zero-order chi connectivity index (χ0) is 16.5. The molecule has 0 unspecified atom stereocenters. The molecule has 0 saturated heterocycles. The number of thiophene rings is 1. The van der Waals surface area contributed by atoms with E-state index in [0.29, 0.717) is 10.7 Å². The quantitative estimate of drug-likeness (QED) is 0.647. The van der Waals surface area contributed by atoms with E-state index in [1.165, 1.54) is 20.2 Å². The first kappa shape index (κ1) is 16.9. The van der Waals surface area contributed by atoms with Gasteiger partial charge in [0.05, 0.1) is 14.1 Å². The van der Waals surface area contributed by atoms with Crippen molar-refractivity contribution in [1.82, 2.24) is 3.89 Å². The molecule has 6 nitrogen and oxygen atoms in total. The Morgan fingerprint density at radius 2 is 2.00 bits per heavy atom. The second kappa shape index (κ2) is 5.98. The van der Waals surface area contributed by atoms with Crippen LogP contribution in [0.15, 0.2) is 35.7 Å². The van der Waals surface area contributed by atoms with E-state index in [-0.39, 0.29) is 10.6 Å². The Kier molecular flexibility index (Phi) is 4.59. The molecule has 1 amide bonds. The van der Waals surface area contributed by atoms with E-state index in [2.05, 4.69) is 5.32 Å².